The maximum Gasteiger partial charge on any atom is 0.407 e. The Kier molecular flexibility index (Phi) is 4.47. The van der Waals surface area contributed by atoms with Crippen molar-refractivity contribution >= 4 is 17.0 Å². The van der Waals surface area contributed by atoms with Gasteiger partial charge in [-0.1, -0.05) is 18.2 Å². The molecule has 5 nitrogen and oxygen atoms in total. The molecule has 0 aliphatic carbocycles. The fourth-order valence-corrected chi connectivity index (χ4v) is 2.63. The van der Waals surface area contributed by atoms with E-state index in [1.54, 1.807) is 0 Å². The fraction of sp³-hybridized carbons (Fsp3) is 0.471. The maximum absolute atomic E-state index is 11.8. The number of carbonyl (C=O) groups excluding carboxylic acids is 1. The van der Waals surface area contributed by atoms with Crippen LogP contribution in [0, 0.1) is 6.92 Å². The molecule has 0 aliphatic heterocycles. The Bertz CT molecular complexity index is 683. The first-order chi connectivity index (χ1) is 10.2. The highest BCUT2D eigenvalue weighted by Gasteiger charge is 2.20. The molecule has 0 spiro atoms. The lowest BCUT2D eigenvalue weighted by molar-refractivity contribution is 0.0524. The lowest BCUT2D eigenvalue weighted by atomic mass is 10.0. The Morgan fingerprint density at radius 1 is 1.36 bits per heavy atom. The summed E-state index contributed by atoms with van der Waals surface area (Å²) in [5.41, 5.74) is 9.11. The molecule has 0 bridgehead atoms. The Balaban J connectivity index is 2.15. The number of aromatic nitrogens is 1. The number of nitrogens with one attached hydrogen (secondary N) is 1. The van der Waals surface area contributed by atoms with E-state index in [1.807, 2.05) is 46.9 Å². The van der Waals surface area contributed by atoms with Crippen molar-refractivity contribution in [1.82, 2.24) is 9.88 Å². The highest BCUT2D eigenvalue weighted by molar-refractivity contribution is 5.86. The van der Waals surface area contributed by atoms with Crippen LogP contribution in [-0.4, -0.2) is 22.8 Å². The number of benzene rings is 1. The van der Waals surface area contributed by atoms with Gasteiger partial charge in [-0.2, -0.15) is 0 Å². The van der Waals surface area contributed by atoms with Gasteiger partial charge in [-0.15, -0.1) is 0 Å². The van der Waals surface area contributed by atoms with Gasteiger partial charge in [0.2, 0.25) is 0 Å². The number of aryl methyl sites for hydroxylation is 1. The molecule has 2 rings (SSSR count). The van der Waals surface area contributed by atoms with Crippen molar-refractivity contribution in [1.29, 1.82) is 0 Å². The molecule has 1 amide bonds. The van der Waals surface area contributed by atoms with E-state index in [9.17, 15) is 4.79 Å². The molecule has 0 aliphatic rings. The summed E-state index contributed by atoms with van der Waals surface area (Å²) < 4.78 is 7.36. The number of para-hydroxylation sites is 1. The van der Waals surface area contributed by atoms with Crippen molar-refractivity contribution in [2.45, 2.75) is 39.3 Å². The summed E-state index contributed by atoms with van der Waals surface area (Å²) in [4.78, 5) is 11.8. The first kappa shape index (κ1) is 16.4. The second kappa shape index (κ2) is 6.01. The first-order valence-electron chi connectivity index (χ1n) is 7.47. The molecular formula is C17H25N3O2. The predicted molar refractivity (Wildman–Crippen MR) is 88.8 cm³/mol. The second-order valence-electron chi connectivity index (χ2n) is 6.56. The third-order valence-electron chi connectivity index (χ3n) is 3.68. The first-order valence-corrected chi connectivity index (χ1v) is 7.47. The van der Waals surface area contributed by atoms with Crippen LogP contribution in [-0.2, 0) is 11.8 Å². The molecule has 5 heteroatoms. The van der Waals surface area contributed by atoms with Gasteiger partial charge in [-0.05, 0) is 39.3 Å². The van der Waals surface area contributed by atoms with Crippen LogP contribution in [0.15, 0.2) is 24.3 Å². The van der Waals surface area contributed by atoms with Crippen molar-refractivity contribution < 1.29 is 9.53 Å². The standard InChI is InChI=1S/C17H25N3O2/c1-11-15(12-8-6-7-9-14(12)20(11)5)13(18)10-19-16(21)22-17(2,3)4/h6-9,13H,10,18H2,1-5H3,(H,19,21). The highest BCUT2D eigenvalue weighted by atomic mass is 16.6. The Labute approximate surface area is 131 Å². The summed E-state index contributed by atoms with van der Waals surface area (Å²) in [6.07, 6.45) is -0.444. The number of amides is 1. The van der Waals surface area contributed by atoms with E-state index < -0.39 is 11.7 Å². The monoisotopic (exact) mass is 303 g/mol. The summed E-state index contributed by atoms with van der Waals surface area (Å²) in [6.45, 7) is 7.89. The summed E-state index contributed by atoms with van der Waals surface area (Å²) >= 11 is 0. The van der Waals surface area contributed by atoms with Crippen molar-refractivity contribution in [3.05, 3.63) is 35.5 Å². The average molecular weight is 303 g/mol. The molecule has 1 aromatic carbocycles. The van der Waals surface area contributed by atoms with Gasteiger partial charge in [-0.25, -0.2) is 4.79 Å². The van der Waals surface area contributed by atoms with Crippen LogP contribution in [0.1, 0.15) is 38.1 Å². The van der Waals surface area contributed by atoms with Crippen LogP contribution in [0.5, 0.6) is 0 Å². The minimum Gasteiger partial charge on any atom is -0.444 e. The number of nitrogens with two attached hydrogens (primary N) is 1. The number of ether oxygens (including phenoxy) is 1. The van der Waals surface area contributed by atoms with E-state index in [0.717, 1.165) is 22.2 Å². The molecule has 120 valence electrons. The topological polar surface area (TPSA) is 69.3 Å². The molecule has 0 saturated heterocycles. The van der Waals surface area contributed by atoms with Gasteiger partial charge >= 0.3 is 6.09 Å². The molecule has 1 unspecified atom stereocenters. The maximum atomic E-state index is 11.8. The number of fused-ring (bicyclic) bond motifs is 1. The van der Waals surface area contributed by atoms with Crippen LogP contribution in [0.2, 0.25) is 0 Å². The van der Waals surface area contributed by atoms with Gasteiger partial charge in [-0.3, -0.25) is 0 Å². The molecule has 22 heavy (non-hydrogen) atoms. The lowest BCUT2D eigenvalue weighted by Gasteiger charge is -2.21. The smallest absolute Gasteiger partial charge is 0.407 e. The van der Waals surface area contributed by atoms with E-state index in [-0.39, 0.29) is 6.04 Å². The second-order valence-corrected chi connectivity index (χ2v) is 6.56. The highest BCUT2D eigenvalue weighted by Crippen LogP contribution is 2.28. The Hall–Kier alpha value is -2.01. The molecule has 2 aromatic rings. The van der Waals surface area contributed by atoms with E-state index >= 15 is 0 Å². The molecule has 1 atom stereocenters. The van der Waals surface area contributed by atoms with Crippen molar-refractivity contribution in [2.75, 3.05) is 6.54 Å². The molecule has 0 fully saturated rings. The van der Waals surface area contributed by atoms with Gasteiger partial charge < -0.3 is 20.4 Å². The number of carbonyl (C=O) groups is 1. The minimum atomic E-state index is -0.510. The minimum absolute atomic E-state index is 0.279. The van der Waals surface area contributed by atoms with Crippen molar-refractivity contribution in [3.8, 4) is 0 Å². The molecular weight excluding hydrogens is 278 g/mol. The van der Waals surface area contributed by atoms with Crippen molar-refractivity contribution in [3.63, 3.8) is 0 Å². The van der Waals surface area contributed by atoms with Crippen LogP contribution >= 0.6 is 0 Å². The molecule has 0 saturated carbocycles. The zero-order chi connectivity index (χ0) is 16.5. The van der Waals surface area contributed by atoms with E-state index in [2.05, 4.69) is 22.0 Å². The van der Waals surface area contributed by atoms with Crippen molar-refractivity contribution in [2.24, 2.45) is 12.8 Å². The van der Waals surface area contributed by atoms with Crippen LogP contribution < -0.4 is 11.1 Å². The molecule has 1 heterocycles. The summed E-state index contributed by atoms with van der Waals surface area (Å²) in [5, 5.41) is 3.87. The van der Waals surface area contributed by atoms with E-state index in [0.29, 0.717) is 6.54 Å². The number of nitrogens with zero attached hydrogens (tertiary/aromatic N) is 1. The Morgan fingerprint density at radius 2 is 2.00 bits per heavy atom. The average Bonchev–Trinajstić information content (AvgIpc) is 2.67. The third-order valence-corrected chi connectivity index (χ3v) is 3.68. The van der Waals surface area contributed by atoms with Gasteiger partial charge in [0.25, 0.3) is 0 Å². The lowest BCUT2D eigenvalue weighted by Crippen LogP contribution is -2.36. The predicted octanol–water partition coefficient (Wildman–Crippen LogP) is 3.01. The molecule has 0 radical (unpaired) electrons. The molecule has 1 aromatic heterocycles. The largest absolute Gasteiger partial charge is 0.444 e. The Morgan fingerprint density at radius 3 is 2.64 bits per heavy atom. The normalized spacial score (nSPS) is 13.2. The fourth-order valence-electron chi connectivity index (χ4n) is 2.63. The van der Waals surface area contributed by atoms with E-state index in [1.165, 1.54) is 0 Å². The van der Waals surface area contributed by atoms with Gasteiger partial charge in [0.1, 0.15) is 5.60 Å². The third kappa shape index (κ3) is 3.42. The van der Waals surface area contributed by atoms with Gasteiger partial charge in [0.05, 0.1) is 0 Å². The zero-order valence-electron chi connectivity index (χ0n) is 13.9. The van der Waals surface area contributed by atoms with Gasteiger partial charge in [0, 0.05) is 36.2 Å². The van der Waals surface area contributed by atoms with Gasteiger partial charge in [0.15, 0.2) is 0 Å². The number of alkyl carbamates (subject to hydrolysis) is 1. The SMILES string of the molecule is Cc1c(C(N)CNC(=O)OC(C)(C)C)c2ccccc2n1C. The summed E-state index contributed by atoms with van der Waals surface area (Å²) in [6, 6.07) is 7.86. The van der Waals surface area contributed by atoms with E-state index in [4.69, 9.17) is 10.5 Å². The number of hydrogen-bond acceptors (Lipinski definition) is 3. The number of rotatable bonds is 3. The zero-order valence-corrected chi connectivity index (χ0v) is 13.9. The summed E-state index contributed by atoms with van der Waals surface area (Å²) in [5.74, 6) is 0. The molecule has 3 N–H and O–H groups in total. The number of hydrogen-bond donors (Lipinski definition) is 2. The summed E-state index contributed by atoms with van der Waals surface area (Å²) in [7, 11) is 2.02. The quantitative estimate of drug-likeness (QED) is 0.915. The van der Waals surface area contributed by atoms with Crippen LogP contribution in [0.3, 0.4) is 0 Å². The van der Waals surface area contributed by atoms with Crippen LogP contribution in [0.4, 0.5) is 4.79 Å². The van der Waals surface area contributed by atoms with Crippen LogP contribution in [0.25, 0.3) is 10.9 Å².